The molecule has 0 bridgehead atoms. The van der Waals surface area contributed by atoms with E-state index >= 15 is 0 Å². The van der Waals surface area contributed by atoms with Crippen molar-refractivity contribution in [2.45, 2.75) is 19.1 Å². The van der Waals surface area contributed by atoms with E-state index in [0.29, 0.717) is 19.6 Å². The van der Waals surface area contributed by atoms with E-state index < -0.39 is 11.4 Å². The Kier molecular flexibility index (Phi) is 5.53. The van der Waals surface area contributed by atoms with Crippen molar-refractivity contribution in [1.29, 1.82) is 0 Å². The van der Waals surface area contributed by atoms with E-state index in [1.54, 1.807) is 13.0 Å². The lowest BCUT2D eigenvalue weighted by molar-refractivity contribution is 0.0336. The van der Waals surface area contributed by atoms with Crippen molar-refractivity contribution in [3.8, 4) is 0 Å². The fourth-order valence-electron chi connectivity index (χ4n) is 1.86. The molecule has 0 aromatic heterocycles. The first-order valence-electron chi connectivity index (χ1n) is 5.82. The minimum atomic E-state index is -0.811. The molecule has 0 heterocycles. The highest BCUT2D eigenvalue weighted by atomic mass is 35.5. The lowest BCUT2D eigenvalue weighted by Gasteiger charge is -2.27. The Morgan fingerprint density at radius 1 is 1.44 bits per heavy atom. The van der Waals surface area contributed by atoms with Crippen LogP contribution in [0.25, 0.3) is 0 Å². The smallest absolute Gasteiger partial charge is 0.142 e. The number of likely N-dealkylation sites (N-methyl/N-ethyl adjacent to an activating group) is 1. The van der Waals surface area contributed by atoms with Gasteiger partial charge < -0.3 is 15.3 Å². The number of aliphatic hydroxyl groups is 1. The van der Waals surface area contributed by atoms with E-state index in [0.717, 1.165) is 5.56 Å². The summed E-state index contributed by atoms with van der Waals surface area (Å²) in [4.78, 5) is 1.92. The Morgan fingerprint density at radius 3 is 2.67 bits per heavy atom. The first kappa shape index (κ1) is 15.4. The van der Waals surface area contributed by atoms with Gasteiger partial charge in [0.2, 0.25) is 0 Å². The van der Waals surface area contributed by atoms with Crippen LogP contribution in [0.5, 0.6) is 0 Å². The van der Waals surface area contributed by atoms with Crippen molar-refractivity contribution in [3.63, 3.8) is 0 Å². The van der Waals surface area contributed by atoms with E-state index in [4.69, 9.17) is 11.6 Å². The van der Waals surface area contributed by atoms with Crippen LogP contribution < -0.4 is 5.32 Å². The normalized spacial score (nSPS) is 14.8. The zero-order valence-corrected chi connectivity index (χ0v) is 11.8. The number of nitrogens with zero attached hydrogens (tertiary/aromatic N) is 1. The minimum Gasteiger partial charge on any atom is -0.388 e. The molecule has 0 fully saturated rings. The van der Waals surface area contributed by atoms with E-state index in [1.165, 1.54) is 12.1 Å². The van der Waals surface area contributed by atoms with E-state index in [-0.39, 0.29) is 5.02 Å². The van der Waals surface area contributed by atoms with Gasteiger partial charge in [0.05, 0.1) is 10.6 Å². The summed E-state index contributed by atoms with van der Waals surface area (Å²) in [6.07, 6.45) is 0. The molecule has 5 heteroatoms. The fourth-order valence-corrected chi connectivity index (χ4v) is 1.98. The highest BCUT2D eigenvalue weighted by Gasteiger charge is 2.20. The Labute approximate surface area is 113 Å². The van der Waals surface area contributed by atoms with Crippen LogP contribution >= 0.6 is 11.6 Å². The summed E-state index contributed by atoms with van der Waals surface area (Å²) in [6.45, 7) is 3.27. The van der Waals surface area contributed by atoms with Gasteiger partial charge in [-0.2, -0.15) is 0 Å². The Bertz CT molecular complexity index is 397. The predicted octanol–water partition coefficient (Wildman–Crippen LogP) is 1.88. The SMILES string of the molecule is CN(C)CC(C)(O)CNCc1ccc(Cl)c(F)c1. The second-order valence-electron chi connectivity index (χ2n) is 5.09. The van der Waals surface area contributed by atoms with Crippen LogP contribution in [0.4, 0.5) is 4.39 Å². The third-order valence-electron chi connectivity index (χ3n) is 2.48. The molecule has 1 aromatic carbocycles. The van der Waals surface area contributed by atoms with Gasteiger partial charge in [-0.05, 0) is 38.7 Å². The molecule has 18 heavy (non-hydrogen) atoms. The molecule has 1 unspecified atom stereocenters. The molecule has 1 rings (SSSR count). The predicted molar refractivity (Wildman–Crippen MR) is 72.3 cm³/mol. The monoisotopic (exact) mass is 274 g/mol. The van der Waals surface area contributed by atoms with Crippen LogP contribution in [-0.2, 0) is 6.54 Å². The molecular weight excluding hydrogens is 255 g/mol. The summed E-state index contributed by atoms with van der Waals surface area (Å²) < 4.78 is 13.2. The van der Waals surface area contributed by atoms with Gasteiger partial charge in [-0.1, -0.05) is 17.7 Å². The molecule has 0 amide bonds. The molecule has 1 aromatic rings. The molecule has 0 aliphatic rings. The molecule has 0 aliphatic heterocycles. The van der Waals surface area contributed by atoms with E-state index in [1.807, 2.05) is 19.0 Å². The lowest BCUT2D eigenvalue weighted by Crippen LogP contribution is -2.45. The Balaban J connectivity index is 2.43. The molecule has 0 saturated heterocycles. The summed E-state index contributed by atoms with van der Waals surface area (Å²) in [6, 6.07) is 4.70. The third kappa shape index (κ3) is 5.31. The Hall–Kier alpha value is -0.680. The summed E-state index contributed by atoms with van der Waals surface area (Å²) in [7, 11) is 3.81. The largest absolute Gasteiger partial charge is 0.388 e. The van der Waals surface area contributed by atoms with Crippen LogP contribution in [0.2, 0.25) is 5.02 Å². The van der Waals surface area contributed by atoms with Crippen molar-refractivity contribution in [3.05, 3.63) is 34.6 Å². The van der Waals surface area contributed by atoms with Crippen molar-refractivity contribution in [2.24, 2.45) is 0 Å². The van der Waals surface area contributed by atoms with Crippen LogP contribution in [0.15, 0.2) is 18.2 Å². The molecule has 3 nitrogen and oxygen atoms in total. The maximum atomic E-state index is 13.2. The summed E-state index contributed by atoms with van der Waals surface area (Å²) in [5.41, 5.74) is -0.00775. The molecule has 2 N–H and O–H groups in total. The van der Waals surface area contributed by atoms with Gasteiger partial charge in [0.1, 0.15) is 5.82 Å². The van der Waals surface area contributed by atoms with Gasteiger partial charge in [-0.25, -0.2) is 4.39 Å². The topological polar surface area (TPSA) is 35.5 Å². The summed E-state index contributed by atoms with van der Waals surface area (Å²) >= 11 is 5.60. The number of hydrogen-bond donors (Lipinski definition) is 2. The maximum absolute atomic E-state index is 13.2. The highest BCUT2D eigenvalue weighted by molar-refractivity contribution is 6.30. The second kappa shape index (κ2) is 6.48. The van der Waals surface area contributed by atoms with Gasteiger partial charge in [0.25, 0.3) is 0 Å². The number of nitrogens with one attached hydrogen (secondary N) is 1. The van der Waals surface area contributed by atoms with Crippen LogP contribution in [0.1, 0.15) is 12.5 Å². The van der Waals surface area contributed by atoms with Crippen molar-refractivity contribution in [1.82, 2.24) is 10.2 Å². The Morgan fingerprint density at radius 2 is 2.11 bits per heavy atom. The number of benzene rings is 1. The molecular formula is C13H20ClFN2O. The van der Waals surface area contributed by atoms with Crippen molar-refractivity contribution >= 4 is 11.6 Å². The van der Waals surface area contributed by atoms with Crippen LogP contribution in [0.3, 0.4) is 0 Å². The fraction of sp³-hybridized carbons (Fsp3) is 0.538. The van der Waals surface area contributed by atoms with Gasteiger partial charge in [-0.3, -0.25) is 0 Å². The van der Waals surface area contributed by atoms with E-state index in [2.05, 4.69) is 5.32 Å². The van der Waals surface area contributed by atoms with Crippen molar-refractivity contribution in [2.75, 3.05) is 27.2 Å². The van der Waals surface area contributed by atoms with Gasteiger partial charge in [0.15, 0.2) is 0 Å². The quantitative estimate of drug-likeness (QED) is 0.832. The van der Waals surface area contributed by atoms with Crippen molar-refractivity contribution < 1.29 is 9.50 Å². The lowest BCUT2D eigenvalue weighted by atomic mass is 10.1. The third-order valence-corrected chi connectivity index (χ3v) is 2.78. The molecule has 102 valence electrons. The highest BCUT2D eigenvalue weighted by Crippen LogP contribution is 2.15. The zero-order chi connectivity index (χ0) is 13.8. The first-order chi connectivity index (χ1) is 8.30. The first-order valence-corrected chi connectivity index (χ1v) is 6.20. The van der Waals surface area contributed by atoms with Gasteiger partial charge in [-0.15, -0.1) is 0 Å². The van der Waals surface area contributed by atoms with Gasteiger partial charge in [0, 0.05) is 19.6 Å². The van der Waals surface area contributed by atoms with Gasteiger partial charge >= 0.3 is 0 Å². The second-order valence-corrected chi connectivity index (χ2v) is 5.49. The average molecular weight is 275 g/mol. The molecule has 1 atom stereocenters. The molecule has 0 radical (unpaired) electrons. The number of hydrogen-bond acceptors (Lipinski definition) is 3. The molecule has 0 saturated carbocycles. The minimum absolute atomic E-state index is 0.123. The number of rotatable bonds is 6. The molecule has 0 spiro atoms. The number of halogens is 2. The van der Waals surface area contributed by atoms with Crippen LogP contribution in [-0.4, -0.2) is 42.8 Å². The summed E-state index contributed by atoms with van der Waals surface area (Å²) in [5, 5.41) is 13.3. The zero-order valence-electron chi connectivity index (χ0n) is 11.0. The molecule has 0 aliphatic carbocycles. The van der Waals surface area contributed by atoms with E-state index in [9.17, 15) is 9.50 Å². The standard InChI is InChI=1S/C13H20ClFN2O/c1-13(18,9-17(2)3)8-16-7-10-4-5-11(14)12(15)6-10/h4-6,16,18H,7-9H2,1-3H3. The average Bonchev–Trinajstić information content (AvgIpc) is 2.21. The van der Waals surface area contributed by atoms with Crippen LogP contribution in [0, 0.1) is 5.82 Å². The summed E-state index contributed by atoms with van der Waals surface area (Å²) in [5.74, 6) is -0.420. The maximum Gasteiger partial charge on any atom is 0.142 e.